The first-order valence-corrected chi connectivity index (χ1v) is 11.8. The van der Waals surface area contributed by atoms with Crippen LogP contribution in [0.2, 0.25) is 0 Å². The summed E-state index contributed by atoms with van der Waals surface area (Å²) in [5, 5.41) is 31.7. The monoisotopic (exact) mass is 450 g/mol. The fraction of sp³-hybridized carbons (Fsp3) is 0.200. The van der Waals surface area contributed by atoms with E-state index in [0.29, 0.717) is 12.8 Å². The molecule has 4 aromatic carbocycles. The fourth-order valence-electron chi connectivity index (χ4n) is 5.18. The minimum atomic E-state index is -1.20. The molecule has 0 saturated heterocycles. The quantitative estimate of drug-likeness (QED) is 0.312. The number of rotatable bonds is 6. The van der Waals surface area contributed by atoms with Crippen molar-refractivity contribution in [1.82, 2.24) is 0 Å². The highest BCUT2D eigenvalue weighted by Crippen LogP contribution is 2.48. The van der Waals surface area contributed by atoms with Crippen molar-refractivity contribution >= 4 is 11.4 Å². The summed E-state index contributed by atoms with van der Waals surface area (Å²) in [7, 11) is 0. The molecule has 34 heavy (non-hydrogen) atoms. The van der Waals surface area contributed by atoms with E-state index in [2.05, 4.69) is 10.6 Å². The van der Waals surface area contributed by atoms with Crippen molar-refractivity contribution in [3.05, 3.63) is 132 Å². The van der Waals surface area contributed by atoms with E-state index in [-0.39, 0.29) is 0 Å². The number of anilines is 2. The maximum absolute atomic E-state index is 12.3. The first kappa shape index (κ1) is 22.2. The van der Waals surface area contributed by atoms with Gasteiger partial charge in [0.2, 0.25) is 0 Å². The third kappa shape index (κ3) is 4.18. The van der Waals surface area contributed by atoms with Crippen molar-refractivity contribution in [2.24, 2.45) is 0 Å². The third-order valence-electron chi connectivity index (χ3n) is 6.99. The zero-order chi connectivity index (χ0) is 23.4. The maximum atomic E-state index is 12.3. The average Bonchev–Trinajstić information content (AvgIpc) is 2.91. The zero-order valence-electron chi connectivity index (χ0n) is 19.0. The lowest BCUT2D eigenvalue weighted by Gasteiger charge is -2.53. The molecule has 5 rings (SSSR count). The SMILES string of the molecule is O[C@@]1(c2ccccc2)CC[C@@](O)(c2ccccc2)[C@@H](Nc2ccccc2)[C@@H]1Nc1ccccc1. The van der Waals surface area contributed by atoms with Gasteiger partial charge in [0, 0.05) is 11.4 Å². The van der Waals surface area contributed by atoms with Crippen LogP contribution in [0.5, 0.6) is 0 Å². The first-order valence-electron chi connectivity index (χ1n) is 11.8. The molecule has 4 nitrogen and oxygen atoms in total. The van der Waals surface area contributed by atoms with Crippen LogP contribution in [0.25, 0.3) is 0 Å². The van der Waals surface area contributed by atoms with E-state index in [1.54, 1.807) is 0 Å². The van der Waals surface area contributed by atoms with Crippen molar-refractivity contribution in [3.8, 4) is 0 Å². The topological polar surface area (TPSA) is 64.5 Å². The molecule has 0 amide bonds. The van der Waals surface area contributed by atoms with Gasteiger partial charge in [-0.25, -0.2) is 0 Å². The molecule has 0 bridgehead atoms. The van der Waals surface area contributed by atoms with Crippen LogP contribution in [0, 0.1) is 0 Å². The minimum absolute atomic E-state index is 0.403. The van der Waals surface area contributed by atoms with E-state index in [4.69, 9.17) is 0 Å². The second-order valence-corrected chi connectivity index (χ2v) is 9.06. The number of hydrogen-bond donors (Lipinski definition) is 4. The second-order valence-electron chi connectivity index (χ2n) is 9.06. The summed E-state index contributed by atoms with van der Waals surface area (Å²) in [6, 6.07) is 38.3. The van der Waals surface area contributed by atoms with Crippen LogP contribution in [-0.2, 0) is 11.2 Å². The Labute approximate surface area is 200 Å². The predicted octanol–water partition coefficient (Wildman–Crippen LogP) is 5.52. The molecule has 0 heterocycles. The molecule has 0 aromatic heterocycles. The van der Waals surface area contributed by atoms with Crippen LogP contribution >= 0.6 is 0 Å². The zero-order valence-corrected chi connectivity index (χ0v) is 19.0. The summed E-state index contributed by atoms with van der Waals surface area (Å²) < 4.78 is 0. The Morgan fingerprint density at radius 3 is 1.09 bits per heavy atom. The predicted molar refractivity (Wildman–Crippen MR) is 138 cm³/mol. The summed E-state index contributed by atoms with van der Waals surface area (Å²) in [6.45, 7) is 0. The van der Waals surface area contributed by atoms with E-state index in [1.165, 1.54) is 0 Å². The van der Waals surface area contributed by atoms with E-state index < -0.39 is 23.3 Å². The Morgan fingerprint density at radius 2 is 0.765 bits per heavy atom. The molecule has 0 unspecified atom stereocenters. The summed E-state index contributed by atoms with van der Waals surface area (Å²) >= 11 is 0. The van der Waals surface area contributed by atoms with E-state index in [0.717, 1.165) is 22.5 Å². The van der Waals surface area contributed by atoms with Gasteiger partial charge in [-0.05, 0) is 48.2 Å². The van der Waals surface area contributed by atoms with Gasteiger partial charge in [-0.2, -0.15) is 0 Å². The highest BCUT2D eigenvalue weighted by molar-refractivity contribution is 5.52. The molecule has 1 saturated carbocycles. The molecule has 4 aromatic rings. The summed E-state index contributed by atoms with van der Waals surface area (Å²) in [6.07, 6.45) is 0.805. The summed E-state index contributed by atoms with van der Waals surface area (Å²) in [5.74, 6) is 0. The van der Waals surface area contributed by atoms with Gasteiger partial charge < -0.3 is 20.8 Å². The van der Waals surface area contributed by atoms with E-state index in [1.807, 2.05) is 121 Å². The smallest absolute Gasteiger partial charge is 0.112 e. The molecule has 0 spiro atoms. The second kappa shape index (κ2) is 9.34. The standard InChI is InChI=1S/C30H30N2O2/c33-29(23-13-5-1-6-14-23)21-22-30(34,24-15-7-2-8-16-24)28(32-26-19-11-4-12-20-26)27(29)31-25-17-9-3-10-18-25/h1-20,27-28,31-34H,21-22H2/t27-,28-,29+,30+/m0/s1. The van der Waals surface area contributed by atoms with Crippen molar-refractivity contribution < 1.29 is 10.2 Å². The normalized spacial score (nSPS) is 26.5. The third-order valence-corrected chi connectivity index (χ3v) is 6.99. The molecule has 4 atom stereocenters. The Morgan fingerprint density at radius 1 is 0.471 bits per heavy atom. The number of para-hydroxylation sites is 2. The Balaban J connectivity index is 1.66. The van der Waals surface area contributed by atoms with Crippen LogP contribution in [0.3, 0.4) is 0 Å². The van der Waals surface area contributed by atoms with Crippen molar-refractivity contribution in [1.29, 1.82) is 0 Å². The lowest BCUT2D eigenvalue weighted by molar-refractivity contribution is -0.105. The number of benzene rings is 4. The molecular weight excluding hydrogens is 420 g/mol. The average molecular weight is 451 g/mol. The largest absolute Gasteiger partial charge is 0.383 e. The van der Waals surface area contributed by atoms with Crippen LogP contribution in [0.1, 0.15) is 24.0 Å². The summed E-state index contributed by atoms with van der Waals surface area (Å²) in [5.41, 5.74) is 1.03. The molecule has 172 valence electrons. The van der Waals surface area contributed by atoms with Crippen molar-refractivity contribution in [2.75, 3.05) is 10.6 Å². The van der Waals surface area contributed by atoms with Gasteiger partial charge in [0.15, 0.2) is 0 Å². The van der Waals surface area contributed by atoms with Crippen molar-refractivity contribution in [3.63, 3.8) is 0 Å². The van der Waals surface area contributed by atoms with Gasteiger partial charge >= 0.3 is 0 Å². The molecule has 0 aliphatic heterocycles. The lowest BCUT2D eigenvalue weighted by Crippen LogP contribution is -2.65. The Bertz CT molecular complexity index is 1090. The molecule has 4 heteroatoms. The Hall–Kier alpha value is -3.60. The maximum Gasteiger partial charge on any atom is 0.112 e. The van der Waals surface area contributed by atoms with Gasteiger partial charge in [-0.1, -0.05) is 97.1 Å². The highest BCUT2D eigenvalue weighted by Gasteiger charge is 2.56. The van der Waals surface area contributed by atoms with Crippen LogP contribution < -0.4 is 10.6 Å². The van der Waals surface area contributed by atoms with E-state index >= 15 is 0 Å². The van der Waals surface area contributed by atoms with Gasteiger partial charge in [0.1, 0.15) is 11.2 Å². The number of nitrogens with one attached hydrogen (secondary N) is 2. The van der Waals surface area contributed by atoms with Crippen LogP contribution in [0.15, 0.2) is 121 Å². The summed E-state index contributed by atoms with van der Waals surface area (Å²) in [4.78, 5) is 0. The van der Waals surface area contributed by atoms with Crippen LogP contribution in [-0.4, -0.2) is 22.3 Å². The lowest BCUT2D eigenvalue weighted by atomic mass is 9.64. The molecular formula is C30H30N2O2. The fourth-order valence-corrected chi connectivity index (χ4v) is 5.18. The molecule has 1 fully saturated rings. The van der Waals surface area contributed by atoms with E-state index in [9.17, 15) is 10.2 Å². The Kier molecular flexibility index (Phi) is 6.10. The first-order chi connectivity index (χ1) is 16.6. The van der Waals surface area contributed by atoms with Crippen molar-refractivity contribution in [2.45, 2.75) is 36.1 Å². The highest BCUT2D eigenvalue weighted by atomic mass is 16.3. The molecule has 4 N–H and O–H groups in total. The van der Waals surface area contributed by atoms with Gasteiger partial charge in [-0.3, -0.25) is 0 Å². The van der Waals surface area contributed by atoms with Gasteiger partial charge in [0.25, 0.3) is 0 Å². The van der Waals surface area contributed by atoms with Gasteiger partial charge in [0.05, 0.1) is 12.1 Å². The molecule has 1 aliphatic rings. The number of hydrogen-bond acceptors (Lipinski definition) is 4. The minimum Gasteiger partial charge on any atom is -0.383 e. The molecule has 1 aliphatic carbocycles. The van der Waals surface area contributed by atoms with Crippen LogP contribution in [0.4, 0.5) is 11.4 Å². The van der Waals surface area contributed by atoms with Gasteiger partial charge in [-0.15, -0.1) is 0 Å². The number of aliphatic hydroxyl groups is 2. The molecule has 0 radical (unpaired) electrons.